The third-order valence-electron chi connectivity index (χ3n) is 5.39. The number of para-hydroxylation sites is 1. The monoisotopic (exact) mass is 406 g/mol. The molecule has 1 fully saturated rings. The lowest BCUT2D eigenvalue weighted by atomic mass is 9.74. The van der Waals surface area contributed by atoms with Gasteiger partial charge in [-0.3, -0.25) is 0 Å². The van der Waals surface area contributed by atoms with Gasteiger partial charge in [-0.2, -0.15) is 4.31 Å². The van der Waals surface area contributed by atoms with Crippen LogP contribution < -0.4 is 4.31 Å². The van der Waals surface area contributed by atoms with Gasteiger partial charge in [0.05, 0.1) is 25.3 Å². The Morgan fingerprint density at radius 3 is 2.22 bits per heavy atom. The van der Waals surface area contributed by atoms with Crippen LogP contribution >= 0.6 is 0 Å². The molecule has 2 aliphatic rings. The number of anilines is 1. The number of hydrogen-bond donors (Lipinski definition) is 0. The zero-order chi connectivity index (χ0) is 19.4. The van der Waals surface area contributed by atoms with E-state index in [-0.39, 0.29) is 10.3 Å². The lowest BCUT2D eigenvalue weighted by molar-refractivity contribution is 0.0684. The van der Waals surface area contributed by atoms with Crippen LogP contribution in [-0.4, -0.2) is 39.3 Å². The Morgan fingerprint density at radius 1 is 0.963 bits per heavy atom. The van der Waals surface area contributed by atoms with E-state index in [1.807, 2.05) is 31.2 Å². The molecule has 144 valence electrons. The second kappa shape index (κ2) is 6.22. The quantitative estimate of drug-likeness (QED) is 0.733. The van der Waals surface area contributed by atoms with Crippen LogP contribution in [0, 0.1) is 12.3 Å². The van der Waals surface area contributed by atoms with E-state index in [0.717, 1.165) is 11.1 Å². The van der Waals surface area contributed by atoms with Crippen molar-refractivity contribution < 1.29 is 17.5 Å². The van der Waals surface area contributed by atoms with E-state index >= 15 is 0 Å². The topological polar surface area (TPSA) is 86.7 Å². The van der Waals surface area contributed by atoms with Crippen LogP contribution in [0.3, 0.4) is 0 Å². The van der Waals surface area contributed by atoms with Crippen molar-refractivity contribution in [2.45, 2.75) is 18.2 Å². The van der Waals surface area contributed by atoms with Crippen LogP contribution in [0.5, 0.6) is 0 Å². The molecule has 2 aliphatic heterocycles. The summed E-state index contributed by atoms with van der Waals surface area (Å²) in [5.41, 5.74) is 2.27. The van der Waals surface area contributed by atoms with Gasteiger partial charge in [0, 0.05) is 5.41 Å². The second-order valence-corrected chi connectivity index (χ2v) is 11.5. The summed E-state index contributed by atoms with van der Waals surface area (Å²) in [4.78, 5) is 0.277. The van der Waals surface area contributed by atoms with Crippen LogP contribution in [0.2, 0.25) is 0 Å². The summed E-state index contributed by atoms with van der Waals surface area (Å²) in [6, 6.07) is 14.2. The molecule has 0 aliphatic carbocycles. The van der Waals surface area contributed by atoms with Gasteiger partial charge in [-0.1, -0.05) is 44.3 Å². The molecule has 2 atom stereocenters. The number of nitrogens with zero attached hydrogens (tertiary/aromatic N) is 2. The Hall–Kier alpha value is -1.58. The summed E-state index contributed by atoms with van der Waals surface area (Å²) < 4.78 is 53.2. The Kier molecular flexibility index (Phi) is 4.32. The van der Waals surface area contributed by atoms with Crippen LogP contribution in [-0.2, 0) is 35.6 Å². The van der Waals surface area contributed by atoms with Gasteiger partial charge < -0.3 is 9.11 Å². The molecule has 0 saturated carbocycles. The zero-order valence-electron chi connectivity index (χ0n) is 15.3. The molecule has 1 saturated heterocycles. The molecule has 0 radical (unpaired) electrons. The molecule has 0 N–H and O–H groups in total. The van der Waals surface area contributed by atoms with Gasteiger partial charge in [-0.05, 0) is 37.1 Å². The molecule has 8 heteroatoms. The fourth-order valence-electron chi connectivity index (χ4n) is 3.99. The number of hydrogen-bond acceptors (Lipinski definition) is 4. The van der Waals surface area contributed by atoms with E-state index in [0.29, 0.717) is 31.7 Å². The van der Waals surface area contributed by atoms with Crippen LogP contribution in [0.25, 0.3) is 0 Å². The highest BCUT2D eigenvalue weighted by Gasteiger charge is 2.55. The van der Waals surface area contributed by atoms with Crippen molar-refractivity contribution in [2.24, 2.45) is 5.41 Å². The Bertz CT molecular complexity index is 964. The maximum absolute atomic E-state index is 12.9. The van der Waals surface area contributed by atoms with Gasteiger partial charge in [0.15, 0.2) is 15.3 Å². The molecule has 27 heavy (non-hydrogen) atoms. The molecule has 1 spiro atoms. The highest BCUT2D eigenvalue weighted by atomic mass is 32.3. The fourth-order valence-corrected chi connectivity index (χ4v) is 6.70. The predicted octanol–water partition coefficient (Wildman–Crippen LogP) is 2.44. The average Bonchev–Trinajstić information content (AvgIpc) is 2.58. The molecule has 0 amide bonds. The lowest BCUT2D eigenvalue weighted by Crippen LogP contribution is -2.66. The van der Waals surface area contributed by atoms with Gasteiger partial charge in [0.1, 0.15) is 16.7 Å². The molecular weight excluding hydrogens is 384 g/mol. The van der Waals surface area contributed by atoms with Crippen molar-refractivity contribution in [1.82, 2.24) is 4.31 Å². The molecule has 2 heterocycles. The number of aryl methyl sites for hydroxylation is 1. The van der Waals surface area contributed by atoms with Gasteiger partial charge in [0.25, 0.3) is 0 Å². The molecule has 2 unspecified atom stereocenters. The van der Waals surface area contributed by atoms with E-state index < -0.39 is 20.8 Å². The Labute approximate surface area is 162 Å². The maximum atomic E-state index is 12.9. The Morgan fingerprint density at radius 2 is 1.59 bits per heavy atom. The highest BCUT2D eigenvalue weighted by molar-refractivity contribution is 7.98. The summed E-state index contributed by atoms with van der Waals surface area (Å²) in [5.74, 6) is 0. The van der Waals surface area contributed by atoms with E-state index in [1.165, 1.54) is 14.9 Å². The van der Waals surface area contributed by atoms with E-state index in [9.17, 15) is 17.5 Å². The third kappa shape index (κ3) is 3.25. The van der Waals surface area contributed by atoms with E-state index in [2.05, 4.69) is 0 Å². The summed E-state index contributed by atoms with van der Waals surface area (Å²) in [5, 5.41) is 0. The molecule has 0 aromatic heterocycles. The standard InChI is InChI=1S/C19H22N2O4S2/c1-15-7-9-17(10-8-15)27(24,25)20-12-19(13-20)11-16-5-3-4-6-18(16)21(14-19)26(2,22)23/h3-10H,11-14H2,1-2H3. The smallest absolute Gasteiger partial charge is 0.175 e. The number of rotatable bonds is 3. The number of fused-ring (bicyclic) bond motifs is 1. The second-order valence-electron chi connectivity index (χ2n) is 7.66. The van der Waals surface area contributed by atoms with Crippen molar-refractivity contribution in [3.05, 3.63) is 59.7 Å². The first kappa shape index (κ1) is 18.8. The summed E-state index contributed by atoms with van der Waals surface area (Å²) in [6.45, 7) is 2.87. The molecule has 2 aromatic carbocycles. The number of sulfonamides is 2. The average molecular weight is 407 g/mol. The normalized spacial score (nSPS) is 23.2. The first-order valence-corrected chi connectivity index (χ1v) is 12.0. The van der Waals surface area contributed by atoms with Crippen molar-refractivity contribution in [3.63, 3.8) is 0 Å². The molecule has 4 rings (SSSR count). The zero-order valence-corrected chi connectivity index (χ0v) is 16.9. The first-order valence-electron chi connectivity index (χ1n) is 8.73. The van der Waals surface area contributed by atoms with Gasteiger partial charge >= 0.3 is 0 Å². The van der Waals surface area contributed by atoms with Crippen molar-refractivity contribution in [2.75, 3.05) is 30.2 Å². The minimum atomic E-state index is -3.56. The largest absolute Gasteiger partial charge is 0.593 e. The van der Waals surface area contributed by atoms with Crippen molar-refractivity contribution >= 4 is 26.5 Å². The lowest BCUT2D eigenvalue weighted by Gasteiger charge is -2.53. The summed E-state index contributed by atoms with van der Waals surface area (Å²) >= 11 is 0. The van der Waals surface area contributed by atoms with Crippen LogP contribution in [0.4, 0.5) is 5.69 Å². The predicted molar refractivity (Wildman–Crippen MR) is 105 cm³/mol. The summed E-state index contributed by atoms with van der Waals surface area (Å²) in [6.07, 6.45) is 1.87. The molecule has 6 nitrogen and oxygen atoms in total. The van der Waals surface area contributed by atoms with Gasteiger partial charge in [0.2, 0.25) is 0 Å². The highest BCUT2D eigenvalue weighted by Crippen LogP contribution is 2.46. The van der Waals surface area contributed by atoms with Crippen molar-refractivity contribution in [3.8, 4) is 0 Å². The Balaban J connectivity index is 1.60. The SMILES string of the molecule is Cc1ccc([S+](=O)([O-])N2CC3(Cc4ccccc4N([S+](C)(=O)[O-])C3)C2)cc1. The van der Waals surface area contributed by atoms with Crippen molar-refractivity contribution in [1.29, 1.82) is 0 Å². The minimum absolute atomic E-state index is 0.277. The number of benzene rings is 2. The van der Waals surface area contributed by atoms with E-state index in [1.54, 1.807) is 24.3 Å². The maximum Gasteiger partial charge on any atom is 0.175 e. The summed E-state index contributed by atoms with van der Waals surface area (Å²) in [7, 11) is -6.99. The molecule has 0 bridgehead atoms. The minimum Gasteiger partial charge on any atom is -0.593 e. The first-order chi connectivity index (χ1) is 12.6. The molecular formula is C19H22N2O4S2. The third-order valence-corrected chi connectivity index (χ3v) is 8.32. The van der Waals surface area contributed by atoms with Crippen LogP contribution in [0.1, 0.15) is 11.1 Å². The van der Waals surface area contributed by atoms with Gasteiger partial charge in [-0.25, -0.2) is 0 Å². The van der Waals surface area contributed by atoms with E-state index in [4.69, 9.17) is 0 Å². The fraction of sp³-hybridized carbons (Fsp3) is 0.368. The molecule has 2 aromatic rings. The van der Waals surface area contributed by atoms with Crippen LogP contribution in [0.15, 0.2) is 53.4 Å². The van der Waals surface area contributed by atoms with Gasteiger partial charge in [-0.15, -0.1) is 4.31 Å².